The van der Waals surface area contributed by atoms with Crippen LogP contribution in [0.5, 0.6) is 0 Å². The Balaban J connectivity index is 5.31. The van der Waals surface area contributed by atoms with Gasteiger partial charge in [0.1, 0.15) is 0 Å². The number of esters is 1. The number of carbonyl (C=O) groups excluding carboxylic acids is 4. The molecule has 0 aliphatic heterocycles. The van der Waals surface area contributed by atoms with Crippen LogP contribution >= 0.6 is 0 Å². The molecule has 0 unspecified atom stereocenters. The highest BCUT2D eigenvalue weighted by Gasteiger charge is 2.51. The van der Waals surface area contributed by atoms with Crippen LogP contribution in [0.4, 0.5) is 0 Å². The molecular weight excluding hydrogens is 721 g/mol. The molecule has 0 aliphatic rings. The molecule has 0 bridgehead atoms. The van der Waals surface area contributed by atoms with Crippen LogP contribution in [0.2, 0.25) is 6.04 Å². The van der Waals surface area contributed by atoms with Crippen molar-refractivity contribution in [2.75, 3.05) is 6.61 Å². The monoisotopic (exact) mass is 801 g/mol. The van der Waals surface area contributed by atoms with E-state index in [2.05, 4.69) is 27.4 Å². The Hall–Kier alpha value is -2.28. The maximum Gasteiger partial charge on any atom is 0.619 e. The highest BCUT2D eigenvalue weighted by atomic mass is 28.4. The first kappa shape index (κ1) is 52.7. The first-order chi connectivity index (χ1) is 26.7. The molecule has 0 aromatic heterocycles. The molecule has 0 rings (SSSR count). The lowest BCUT2D eigenvalue weighted by molar-refractivity contribution is -0.330. The normalized spacial score (nSPS) is 11.3. The lowest BCUT2D eigenvalue weighted by Crippen LogP contribution is -2.47. The van der Waals surface area contributed by atoms with Gasteiger partial charge in [0.15, 0.2) is 0 Å². The second-order valence-corrected chi connectivity index (χ2v) is 17.4. The number of rotatable bonds is 41. The summed E-state index contributed by atoms with van der Waals surface area (Å²) in [6, 6.07) is -0.154. The average molecular weight is 801 g/mol. The predicted molar refractivity (Wildman–Crippen MR) is 218 cm³/mol. The lowest BCUT2D eigenvalue weighted by Gasteiger charge is -2.24. The molecule has 0 aromatic carbocycles. The third-order valence-electron chi connectivity index (χ3n) is 9.45. The van der Waals surface area contributed by atoms with Crippen molar-refractivity contribution in [1.82, 2.24) is 0 Å². The minimum Gasteiger partial charge on any atom is -0.462 e. The molecule has 0 fully saturated rings. The van der Waals surface area contributed by atoms with Crippen LogP contribution in [-0.4, -0.2) is 39.3 Å². The van der Waals surface area contributed by atoms with Crippen LogP contribution in [0.15, 0.2) is 12.2 Å². The van der Waals surface area contributed by atoms with Crippen LogP contribution in [0.3, 0.4) is 0 Å². The van der Waals surface area contributed by atoms with E-state index in [1.165, 1.54) is 103 Å². The fourth-order valence-corrected chi connectivity index (χ4v) is 7.51. The van der Waals surface area contributed by atoms with Crippen molar-refractivity contribution in [3.05, 3.63) is 12.2 Å². The molecule has 55 heavy (non-hydrogen) atoms. The Morgan fingerprint density at radius 2 is 0.691 bits per heavy atom. The second-order valence-electron chi connectivity index (χ2n) is 15.1. The van der Waals surface area contributed by atoms with Gasteiger partial charge in [-0.25, -0.2) is 19.2 Å². The predicted octanol–water partition coefficient (Wildman–Crippen LogP) is 12.6. The molecular formula is C43H80O11Si. The number of carbonyl (C=O) groups is 4. The first-order valence-electron chi connectivity index (χ1n) is 22.2. The summed E-state index contributed by atoms with van der Waals surface area (Å²) in [5.74, 6) is -2.53. The van der Waals surface area contributed by atoms with Gasteiger partial charge in [-0.1, -0.05) is 181 Å². The zero-order chi connectivity index (χ0) is 40.7. The lowest BCUT2D eigenvalue weighted by atomic mass is 10.1. The second kappa shape index (κ2) is 38.6. The molecule has 0 aromatic rings. The van der Waals surface area contributed by atoms with Crippen molar-refractivity contribution in [1.29, 1.82) is 0 Å². The zero-order valence-electron chi connectivity index (χ0n) is 35.5. The van der Waals surface area contributed by atoms with Gasteiger partial charge in [0.05, 0.1) is 6.61 Å². The molecule has 0 aliphatic carbocycles. The van der Waals surface area contributed by atoms with Crippen molar-refractivity contribution < 1.29 is 52.3 Å². The van der Waals surface area contributed by atoms with Crippen molar-refractivity contribution in [3.63, 3.8) is 0 Å². The molecule has 0 spiro atoms. The molecule has 11 nitrogen and oxygen atoms in total. The van der Waals surface area contributed by atoms with Crippen LogP contribution in [0.1, 0.15) is 227 Å². The fourth-order valence-electron chi connectivity index (χ4n) is 5.94. The standard InChI is InChI=1S/C43H80O11Si/c1-6-9-12-15-18-21-24-27-30-34-40(44)49-52-55(38-33-37-48-43(47)39(4)5,53-50-41(45)35-31-28-25-22-19-16-13-10-7-2)54-51-42(46)36-32-29-26-23-20-17-14-11-8-3/h4,6-38H2,1-3,5H3. The van der Waals surface area contributed by atoms with E-state index in [0.29, 0.717) is 19.3 Å². The SMILES string of the molecule is C=C(C)C(=O)OCCC[Si](OOC(=O)CCCCCCCCCCC)(OOC(=O)CCCCCCCCCCC)OOC(=O)CCCCCCCCCCC. The average Bonchev–Trinajstić information content (AvgIpc) is 3.17. The summed E-state index contributed by atoms with van der Waals surface area (Å²) in [7, 11) is -4.35. The van der Waals surface area contributed by atoms with Gasteiger partial charge in [-0.15, -0.1) is 0 Å². The minimum atomic E-state index is -4.35. The molecule has 0 radical (unpaired) electrons. The minimum absolute atomic E-state index is 0.0817. The van der Waals surface area contributed by atoms with Gasteiger partial charge in [-0.05, 0) is 32.6 Å². The van der Waals surface area contributed by atoms with Crippen LogP contribution in [0, 0.1) is 0 Å². The molecule has 0 amide bonds. The summed E-state index contributed by atoms with van der Waals surface area (Å²) in [6.45, 7) is 11.6. The summed E-state index contributed by atoms with van der Waals surface area (Å²) in [4.78, 5) is 65.6. The maximum atomic E-state index is 12.7. The molecule has 0 saturated heterocycles. The Labute approximate surface area is 335 Å². The van der Waals surface area contributed by atoms with Crippen molar-refractivity contribution in [2.24, 2.45) is 0 Å². The number of ether oxygens (including phenoxy) is 1. The largest absolute Gasteiger partial charge is 0.619 e. The van der Waals surface area contributed by atoms with Gasteiger partial charge in [-0.2, -0.15) is 13.7 Å². The van der Waals surface area contributed by atoms with Crippen molar-refractivity contribution in [2.45, 2.75) is 233 Å². The molecule has 0 atom stereocenters. The Morgan fingerprint density at radius 3 is 0.964 bits per heavy atom. The smallest absolute Gasteiger partial charge is 0.462 e. The molecule has 0 N–H and O–H groups in total. The number of unbranched alkanes of at least 4 members (excludes halogenated alkanes) is 24. The highest BCUT2D eigenvalue weighted by Crippen LogP contribution is 2.23. The molecule has 0 saturated carbocycles. The van der Waals surface area contributed by atoms with Gasteiger partial charge in [0.2, 0.25) is 0 Å². The van der Waals surface area contributed by atoms with Crippen LogP contribution in [0.25, 0.3) is 0 Å². The topological polar surface area (TPSA) is 133 Å². The van der Waals surface area contributed by atoms with Crippen molar-refractivity contribution >= 4 is 32.7 Å². The zero-order valence-corrected chi connectivity index (χ0v) is 36.5. The van der Waals surface area contributed by atoms with E-state index in [1.807, 2.05) is 0 Å². The Morgan fingerprint density at radius 1 is 0.418 bits per heavy atom. The number of hydrogen-bond acceptors (Lipinski definition) is 11. The maximum absolute atomic E-state index is 12.7. The van der Waals surface area contributed by atoms with Crippen LogP contribution in [-0.2, 0) is 52.3 Å². The fraction of sp³-hybridized carbons (Fsp3) is 0.860. The van der Waals surface area contributed by atoms with E-state index in [9.17, 15) is 19.2 Å². The summed E-state index contributed by atoms with van der Waals surface area (Å²) in [5.41, 5.74) is 0.230. The van der Waals surface area contributed by atoms with E-state index in [4.69, 9.17) is 33.1 Å². The summed E-state index contributed by atoms with van der Waals surface area (Å²) >= 11 is 0. The van der Waals surface area contributed by atoms with E-state index in [0.717, 1.165) is 57.8 Å². The van der Waals surface area contributed by atoms with Gasteiger partial charge < -0.3 is 19.4 Å². The highest BCUT2D eigenvalue weighted by molar-refractivity contribution is 6.60. The van der Waals surface area contributed by atoms with Gasteiger partial charge in [-0.3, -0.25) is 0 Å². The molecule has 12 heteroatoms. The third kappa shape index (κ3) is 34.7. The summed E-state index contributed by atoms with van der Waals surface area (Å²) in [6.07, 6.45) is 29.8. The first-order valence-corrected chi connectivity index (χ1v) is 24.1. The quantitative estimate of drug-likeness (QED) is 0.0146. The summed E-state index contributed by atoms with van der Waals surface area (Å²) in [5, 5.41) is 0. The molecule has 322 valence electrons. The Kier molecular flexibility index (Phi) is 37.0. The van der Waals surface area contributed by atoms with E-state index in [-0.39, 0.29) is 43.9 Å². The molecule has 0 heterocycles. The van der Waals surface area contributed by atoms with E-state index >= 15 is 0 Å². The van der Waals surface area contributed by atoms with Gasteiger partial charge >= 0.3 is 32.7 Å². The van der Waals surface area contributed by atoms with E-state index in [1.54, 1.807) is 0 Å². The van der Waals surface area contributed by atoms with Gasteiger partial charge in [0, 0.05) is 30.9 Å². The third-order valence-corrected chi connectivity index (χ3v) is 11.4. The van der Waals surface area contributed by atoms with Crippen molar-refractivity contribution in [3.8, 4) is 0 Å². The van der Waals surface area contributed by atoms with E-state index < -0.39 is 32.7 Å². The van der Waals surface area contributed by atoms with Gasteiger partial charge in [0.25, 0.3) is 0 Å². The van der Waals surface area contributed by atoms with Crippen LogP contribution < -0.4 is 0 Å². The summed E-state index contributed by atoms with van der Waals surface area (Å²) < 4.78 is 21.7. The number of hydrogen-bond donors (Lipinski definition) is 0. The Bertz CT molecular complexity index is 881.